The van der Waals surface area contributed by atoms with E-state index in [1.165, 1.54) is 18.4 Å². The number of likely N-dealkylation sites (tertiary alicyclic amines) is 1. The topological polar surface area (TPSA) is 86.4 Å². The molecule has 2 N–H and O–H groups in total. The van der Waals surface area contributed by atoms with Crippen LogP contribution in [0.5, 0.6) is 11.5 Å². The van der Waals surface area contributed by atoms with Crippen molar-refractivity contribution in [3.8, 4) is 11.5 Å². The van der Waals surface area contributed by atoms with Crippen molar-refractivity contribution in [2.75, 3.05) is 20.1 Å². The third-order valence-corrected chi connectivity index (χ3v) is 9.88. The van der Waals surface area contributed by atoms with E-state index in [2.05, 4.69) is 4.90 Å². The second-order valence-corrected chi connectivity index (χ2v) is 11.6. The first kappa shape index (κ1) is 22.4. The molecule has 3 heterocycles. The lowest BCUT2D eigenvalue weighted by Gasteiger charge is -2.64. The summed E-state index contributed by atoms with van der Waals surface area (Å²) in [4.78, 5) is 17.6. The molecule has 1 amide bonds. The fraction of sp³-hybridized carbons (Fsp3) is 0.552. The lowest BCUT2D eigenvalue weighted by Crippen LogP contribution is -2.78. The number of hydrogen-bond acceptors (Lipinski definition) is 6. The number of likely N-dealkylation sites (N-methyl/N-ethyl adjacent to an activating group) is 1. The van der Waals surface area contributed by atoms with Crippen LogP contribution in [0.3, 0.4) is 0 Å². The Bertz CT molecular complexity index is 1260. The summed E-state index contributed by atoms with van der Waals surface area (Å²) >= 11 is 0. The van der Waals surface area contributed by atoms with Crippen LogP contribution in [0.15, 0.2) is 35.0 Å². The van der Waals surface area contributed by atoms with Gasteiger partial charge in [-0.05, 0) is 81.7 Å². The molecule has 1 spiro atoms. The molecule has 0 unspecified atom stereocenters. The SMILES string of the molecule is Cc1occc1C=CC(=O)N(C)[C@@H]1CC[C@@]2(O)[C@H]3Cc4ccc(O)c5c4[C@@]2(CCN3CC2CC2)[C@H]1O5. The number of aliphatic hydroxyl groups is 1. The Kier molecular flexibility index (Phi) is 4.75. The lowest BCUT2D eigenvalue weighted by atomic mass is 9.48. The Labute approximate surface area is 211 Å². The molecule has 1 saturated heterocycles. The minimum atomic E-state index is -0.943. The zero-order valence-corrected chi connectivity index (χ0v) is 20.9. The fourth-order valence-corrected chi connectivity index (χ4v) is 7.86. The largest absolute Gasteiger partial charge is 0.504 e. The quantitative estimate of drug-likeness (QED) is 0.625. The number of benzene rings is 1. The lowest BCUT2D eigenvalue weighted by molar-refractivity contribution is -0.200. The van der Waals surface area contributed by atoms with E-state index in [1.54, 1.807) is 29.4 Å². The maximum absolute atomic E-state index is 13.3. The molecule has 3 aliphatic carbocycles. The maximum atomic E-state index is 13.3. The molecule has 190 valence electrons. The maximum Gasteiger partial charge on any atom is 0.246 e. The molecule has 2 aromatic rings. The highest BCUT2D eigenvalue weighted by Gasteiger charge is 2.73. The van der Waals surface area contributed by atoms with Gasteiger partial charge in [0.05, 0.1) is 23.3 Å². The number of phenolic OH excluding ortho intramolecular Hbond substituents is 1. The molecule has 7 nitrogen and oxygen atoms in total. The van der Waals surface area contributed by atoms with Crippen LogP contribution in [0.2, 0.25) is 0 Å². The van der Waals surface area contributed by atoms with Gasteiger partial charge in [0.1, 0.15) is 11.9 Å². The molecule has 2 bridgehead atoms. The summed E-state index contributed by atoms with van der Waals surface area (Å²) < 4.78 is 11.9. The highest BCUT2D eigenvalue weighted by molar-refractivity contribution is 5.92. The van der Waals surface area contributed by atoms with Gasteiger partial charge in [0.15, 0.2) is 11.5 Å². The molecular formula is C29H34N2O5. The number of phenols is 1. The first-order chi connectivity index (χ1) is 17.3. The van der Waals surface area contributed by atoms with E-state index in [0.717, 1.165) is 48.7 Å². The summed E-state index contributed by atoms with van der Waals surface area (Å²) in [5.74, 6) is 2.06. The molecule has 5 aliphatic rings. The van der Waals surface area contributed by atoms with Gasteiger partial charge in [-0.3, -0.25) is 9.69 Å². The van der Waals surface area contributed by atoms with E-state index >= 15 is 0 Å². The van der Waals surface area contributed by atoms with Gasteiger partial charge < -0.3 is 24.3 Å². The van der Waals surface area contributed by atoms with Gasteiger partial charge in [-0.15, -0.1) is 0 Å². The third kappa shape index (κ3) is 2.90. The normalized spacial score (nSPS) is 34.5. The Morgan fingerprint density at radius 1 is 1.25 bits per heavy atom. The molecule has 36 heavy (non-hydrogen) atoms. The van der Waals surface area contributed by atoms with Crippen molar-refractivity contribution >= 4 is 12.0 Å². The summed E-state index contributed by atoms with van der Waals surface area (Å²) in [5.41, 5.74) is 1.48. The van der Waals surface area contributed by atoms with E-state index in [-0.39, 0.29) is 23.7 Å². The Hall–Kier alpha value is -2.77. The van der Waals surface area contributed by atoms with Gasteiger partial charge in [0, 0.05) is 36.8 Å². The van der Waals surface area contributed by atoms with Crippen LogP contribution in [-0.4, -0.2) is 69.8 Å². The van der Waals surface area contributed by atoms with Crippen molar-refractivity contribution in [2.45, 2.75) is 74.7 Å². The van der Waals surface area contributed by atoms with Gasteiger partial charge in [-0.2, -0.15) is 0 Å². The Balaban J connectivity index is 1.27. The molecule has 2 aliphatic heterocycles. The van der Waals surface area contributed by atoms with Crippen molar-refractivity contribution in [3.05, 3.63) is 53.0 Å². The van der Waals surface area contributed by atoms with Crippen molar-refractivity contribution in [1.82, 2.24) is 9.80 Å². The standard InChI is InChI=1S/C29H34N2O5/c1-17-19(10-14-35-17)6-8-24(33)30(2)21-9-11-29(34)23-15-20-5-7-22(32)26-25(20)28(29,27(21)36-26)12-13-31(23)16-18-3-4-18/h5-8,10,14,18,21,23,27,32,34H,3-4,9,11-13,15-16H2,1-2H3/t21-,23-,27+,28+,29-/m1/s1. The van der Waals surface area contributed by atoms with Crippen LogP contribution in [0.25, 0.3) is 6.08 Å². The van der Waals surface area contributed by atoms with Crippen molar-refractivity contribution < 1.29 is 24.2 Å². The van der Waals surface area contributed by atoms with Crippen molar-refractivity contribution in [1.29, 1.82) is 0 Å². The second kappa shape index (κ2) is 7.62. The van der Waals surface area contributed by atoms with E-state index in [1.807, 2.05) is 26.1 Å². The molecule has 3 fully saturated rings. The first-order valence-corrected chi connectivity index (χ1v) is 13.3. The number of furan rings is 1. The number of aryl methyl sites for hydroxylation is 1. The van der Waals surface area contributed by atoms with Crippen LogP contribution in [-0.2, 0) is 16.6 Å². The van der Waals surface area contributed by atoms with Gasteiger partial charge in [0.25, 0.3) is 0 Å². The summed E-state index contributed by atoms with van der Waals surface area (Å²) in [5, 5.41) is 23.4. The summed E-state index contributed by atoms with van der Waals surface area (Å²) in [6.07, 6.45) is 9.97. The smallest absolute Gasteiger partial charge is 0.246 e. The van der Waals surface area contributed by atoms with Gasteiger partial charge in [0.2, 0.25) is 5.91 Å². The van der Waals surface area contributed by atoms with E-state index < -0.39 is 17.1 Å². The predicted molar refractivity (Wildman–Crippen MR) is 134 cm³/mol. The number of hydrogen-bond donors (Lipinski definition) is 2. The van der Waals surface area contributed by atoms with Crippen LogP contribution in [0, 0.1) is 12.8 Å². The Morgan fingerprint density at radius 3 is 2.83 bits per heavy atom. The number of rotatable bonds is 5. The summed E-state index contributed by atoms with van der Waals surface area (Å²) in [6.45, 7) is 3.83. The highest BCUT2D eigenvalue weighted by Crippen LogP contribution is 2.66. The van der Waals surface area contributed by atoms with Crippen LogP contribution in [0.4, 0.5) is 0 Å². The van der Waals surface area contributed by atoms with E-state index in [9.17, 15) is 15.0 Å². The molecule has 0 radical (unpaired) electrons. The minimum absolute atomic E-state index is 0.0341. The highest BCUT2D eigenvalue weighted by atomic mass is 16.5. The van der Waals surface area contributed by atoms with Gasteiger partial charge >= 0.3 is 0 Å². The zero-order chi connectivity index (χ0) is 24.8. The van der Waals surface area contributed by atoms with E-state index in [0.29, 0.717) is 18.6 Å². The second-order valence-electron chi connectivity index (χ2n) is 11.6. The fourth-order valence-electron chi connectivity index (χ4n) is 7.86. The Morgan fingerprint density at radius 2 is 2.08 bits per heavy atom. The number of nitrogens with zero attached hydrogens (tertiary/aromatic N) is 2. The van der Waals surface area contributed by atoms with Crippen molar-refractivity contribution in [3.63, 3.8) is 0 Å². The number of aromatic hydroxyl groups is 1. The molecular weight excluding hydrogens is 456 g/mol. The van der Waals surface area contributed by atoms with Gasteiger partial charge in [-0.25, -0.2) is 0 Å². The average Bonchev–Trinajstić information content (AvgIpc) is 3.47. The zero-order valence-electron chi connectivity index (χ0n) is 20.9. The van der Waals surface area contributed by atoms with Crippen molar-refractivity contribution in [2.24, 2.45) is 5.92 Å². The molecule has 7 rings (SSSR count). The summed E-state index contributed by atoms with van der Waals surface area (Å²) in [6, 6.07) is 5.42. The molecule has 7 heteroatoms. The van der Waals surface area contributed by atoms with Gasteiger partial charge in [-0.1, -0.05) is 6.07 Å². The number of amides is 1. The monoisotopic (exact) mass is 490 g/mol. The molecule has 2 saturated carbocycles. The molecule has 1 aromatic heterocycles. The number of carbonyl (C=O) groups is 1. The van der Waals surface area contributed by atoms with Crippen LogP contribution < -0.4 is 4.74 Å². The molecule has 1 aromatic carbocycles. The predicted octanol–water partition coefficient (Wildman–Crippen LogP) is 3.40. The third-order valence-electron chi connectivity index (χ3n) is 9.88. The number of piperidine rings is 1. The first-order valence-electron chi connectivity index (χ1n) is 13.3. The number of carbonyl (C=O) groups excluding carboxylic acids is 1. The average molecular weight is 491 g/mol. The minimum Gasteiger partial charge on any atom is -0.504 e. The van der Waals surface area contributed by atoms with E-state index in [4.69, 9.17) is 9.15 Å². The number of ether oxygens (including phenoxy) is 1. The summed E-state index contributed by atoms with van der Waals surface area (Å²) in [7, 11) is 1.83. The van der Waals surface area contributed by atoms with Crippen LogP contribution in [0.1, 0.15) is 54.6 Å². The van der Waals surface area contributed by atoms with Crippen LogP contribution >= 0.6 is 0 Å². The molecule has 5 atom stereocenters.